The van der Waals surface area contributed by atoms with Gasteiger partial charge in [-0.1, -0.05) is 13.8 Å². The summed E-state index contributed by atoms with van der Waals surface area (Å²) in [6.07, 6.45) is 3.18. The van der Waals surface area contributed by atoms with Gasteiger partial charge < -0.3 is 9.30 Å². The van der Waals surface area contributed by atoms with Crippen molar-refractivity contribution in [3.05, 3.63) is 47.2 Å². The third-order valence-electron chi connectivity index (χ3n) is 6.15. The van der Waals surface area contributed by atoms with E-state index in [1.54, 1.807) is 12.1 Å². The lowest BCUT2D eigenvalue weighted by atomic mass is 9.77. The molecule has 32 heavy (non-hydrogen) atoms. The molecule has 2 aromatic heterocycles. The fourth-order valence-corrected chi connectivity index (χ4v) is 4.55. The Morgan fingerprint density at radius 3 is 2.47 bits per heavy atom. The van der Waals surface area contributed by atoms with Gasteiger partial charge in [-0.3, -0.25) is 4.90 Å². The van der Waals surface area contributed by atoms with Gasteiger partial charge in [-0.05, 0) is 26.3 Å². The van der Waals surface area contributed by atoms with Crippen molar-refractivity contribution in [3.63, 3.8) is 0 Å². The number of hydrogen-bond donors (Lipinski definition) is 1. The highest BCUT2D eigenvalue weighted by molar-refractivity contribution is 5.86. The van der Waals surface area contributed by atoms with Gasteiger partial charge in [0.05, 0.1) is 36.1 Å². The Morgan fingerprint density at radius 1 is 1.31 bits per heavy atom. The van der Waals surface area contributed by atoms with Crippen LogP contribution >= 0.6 is 0 Å². The van der Waals surface area contributed by atoms with Crippen molar-refractivity contribution in [2.75, 3.05) is 13.1 Å². The Kier molecular flexibility index (Phi) is 7.03. The number of piperidine rings is 1. The van der Waals surface area contributed by atoms with Crippen LogP contribution in [-0.2, 0) is 17.9 Å². The smallest absolute Gasteiger partial charge is 0.345 e. The number of likely N-dealkylation sites (tertiary alicyclic amines) is 1. The first-order chi connectivity index (χ1) is 15.0. The van der Waals surface area contributed by atoms with E-state index in [0.29, 0.717) is 56.0 Å². The summed E-state index contributed by atoms with van der Waals surface area (Å²) in [7, 11) is 0. The van der Waals surface area contributed by atoms with Gasteiger partial charge in [0.2, 0.25) is 5.88 Å². The normalized spacial score (nSPS) is 21.7. The van der Waals surface area contributed by atoms with Gasteiger partial charge in [-0.25, -0.2) is 22.9 Å². The lowest BCUT2D eigenvalue weighted by Crippen LogP contribution is -3.16. The Morgan fingerprint density at radius 2 is 1.97 bits per heavy atom. The number of carbonyl (C=O) groups is 1. The molecule has 1 aliphatic rings. The van der Waals surface area contributed by atoms with Crippen LogP contribution in [0.25, 0.3) is 0 Å². The highest BCUT2D eigenvalue weighted by Gasteiger charge is 2.43. The summed E-state index contributed by atoms with van der Waals surface area (Å²) in [5.41, 5.74) is -0.0687. The van der Waals surface area contributed by atoms with E-state index in [0.717, 1.165) is 17.9 Å². The van der Waals surface area contributed by atoms with Crippen molar-refractivity contribution in [2.45, 2.75) is 77.9 Å². The molecule has 1 aliphatic heterocycles. The van der Waals surface area contributed by atoms with Gasteiger partial charge in [-0.15, -0.1) is 0 Å². The maximum absolute atomic E-state index is 15.0. The quantitative estimate of drug-likeness (QED) is 0.688. The van der Waals surface area contributed by atoms with Crippen LogP contribution in [0.3, 0.4) is 0 Å². The summed E-state index contributed by atoms with van der Waals surface area (Å²) in [5.74, 6) is -3.31. The maximum atomic E-state index is 15.0. The molecule has 5 nitrogen and oxygen atoms in total. The van der Waals surface area contributed by atoms with Gasteiger partial charge in [0.25, 0.3) is 5.92 Å². The first-order valence-electron chi connectivity index (χ1n) is 11.3. The minimum atomic E-state index is -3.12. The fraction of sp³-hybridized carbons (Fsp3) is 0.583. The number of alkyl halides is 2. The molecule has 1 N–H and O–H groups in total. The minimum Gasteiger partial charge on any atom is -0.475 e. The predicted molar refractivity (Wildman–Crippen MR) is 116 cm³/mol. The maximum Gasteiger partial charge on any atom is 0.345 e. The van der Waals surface area contributed by atoms with E-state index in [4.69, 9.17) is 4.74 Å². The number of amides is 1. The first-order valence-corrected chi connectivity index (χ1v) is 11.3. The SMILES string of the molecule is CCCn1c(C(C)(F)F)cc(F)c1C1(C)CC[NH+](C(=O)c2ccc(OC(C)C)nc2)CC1. The molecule has 0 saturated carbocycles. The van der Waals surface area contributed by atoms with Gasteiger partial charge in [-0.2, -0.15) is 0 Å². The first kappa shape index (κ1) is 24.3. The highest BCUT2D eigenvalue weighted by Crippen LogP contribution is 2.39. The van der Waals surface area contributed by atoms with E-state index >= 15 is 0 Å². The van der Waals surface area contributed by atoms with Crippen LogP contribution in [-0.4, -0.2) is 34.7 Å². The van der Waals surface area contributed by atoms with Gasteiger partial charge >= 0.3 is 5.91 Å². The van der Waals surface area contributed by atoms with Crippen LogP contribution in [0.5, 0.6) is 5.88 Å². The molecule has 8 heteroatoms. The molecule has 0 unspecified atom stereocenters. The molecule has 2 aromatic rings. The van der Waals surface area contributed by atoms with Crippen LogP contribution < -0.4 is 9.64 Å². The van der Waals surface area contributed by atoms with Crippen LogP contribution in [0, 0.1) is 5.82 Å². The Labute approximate surface area is 187 Å². The highest BCUT2D eigenvalue weighted by atomic mass is 19.3. The molecule has 1 amide bonds. The molecule has 1 fully saturated rings. The zero-order chi connectivity index (χ0) is 23.7. The summed E-state index contributed by atoms with van der Waals surface area (Å²) >= 11 is 0. The van der Waals surface area contributed by atoms with Gasteiger partial charge in [0.15, 0.2) is 0 Å². The number of nitrogens with one attached hydrogen (secondary N) is 1. The Balaban J connectivity index is 1.77. The topological polar surface area (TPSA) is 48.6 Å². The van der Waals surface area contributed by atoms with Crippen molar-refractivity contribution in [1.29, 1.82) is 0 Å². The molecule has 3 rings (SSSR count). The van der Waals surface area contributed by atoms with Crippen molar-refractivity contribution < 1.29 is 27.6 Å². The molecule has 176 valence electrons. The van der Waals surface area contributed by atoms with Gasteiger partial charge in [0, 0.05) is 50.1 Å². The number of hydrogen-bond acceptors (Lipinski definition) is 3. The second-order valence-electron chi connectivity index (χ2n) is 9.31. The van der Waals surface area contributed by atoms with E-state index in [2.05, 4.69) is 4.98 Å². The molecule has 1 saturated heterocycles. The van der Waals surface area contributed by atoms with Crippen molar-refractivity contribution in [1.82, 2.24) is 9.55 Å². The van der Waals surface area contributed by atoms with Crippen LogP contribution in [0.1, 0.15) is 75.6 Å². The van der Waals surface area contributed by atoms with Crippen LogP contribution in [0.15, 0.2) is 24.4 Å². The lowest BCUT2D eigenvalue weighted by molar-refractivity contribution is -0.822. The Bertz CT molecular complexity index is 941. The fourth-order valence-electron chi connectivity index (χ4n) is 4.55. The number of rotatable bonds is 7. The second-order valence-corrected chi connectivity index (χ2v) is 9.31. The molecule has 3 heterocycles. The molecular formula is C24H33F3N3O2+. The van der Waals surface area contributed by atoms with Crippen molar-refractivity contribution in [3.8, 4) is 5.88 Å². The standard InChI is InChI=1S/C24H32F3N3O2/c1-6-11-30-19(24(5,26)27)14-18(25)21(30)23(4)9-12-29(13-10-23)22(31)17-7-8-20(28-15-17)32-16(2)3/h7-8,14-16H,6,9-13H2,1-5H3/p+1. The zero-order valence-electron chi connectivity index (χ0n) is 19.5. The summed E-state index contributed by atoms with van der Waals surface area (Å²) < 4.78 is 50.2. The molecule has 0 aromatic carbocycles. The van der Waals surface area contributed by atoms with E-state index < -0.39 is 17.2 Å². The number of halogens is 3. The van der Waals surface area contributed by atoms with Crippen LogP contribution in [0.4, 0.5) is 13.2 Å². The van der Waals surface area contributed by atoms with E-state index in [-0.39, 0.29) is 17.7 Å². The Hall–Kier alpha value is -2.35. The van der Waals surface area contributed by atoms with E-state index in [1.165, 1.54) is 10.8 Å². The molecule has 0 spiro atoms. The number of pyridine rings is 1. The molecular weight excluding hydrogens is 419 g/mol. The number of nitrogens with zero attached hydrogens (tertiary/aromatic N) is 2. The summed E-state index contributed by atoms with van der Waals surface area (Å²) in [6, 6.07) is 4.36. The lowest BCUT2D eigenvalue weighted by Gasteiger charge is -2.37. The van der Waals surface area contributed by atoms with E-state index in [9.17, 15) is 18.0 Å². The second kappa shape index (κ2) is 9.25. The number of ether oxygens (including phenoxy) is 1. The summed E-state index contributed by atoms with van der Waals surface area (Å²) in [4.78, 5) is 17.9. The number of aromatic nitrogens is 2. The van der Waals surface area contributed by atoms with E-state index in [1.807, 2.05) is 27.7 Å². The largest absolute Gasteiger partial charge is 0.475 e. The zero-order valence-corrected chi connectivity index (χ0v) is 19.5. The average molecular weight is 453 g/mol. The molecule has 0 bridgehead atoms. The molecule has 0 atom stereocenters. The predicted octanol–water partition coefficient (Wildman–Crippen LogP) is 4.11. The van der Waals surface area contributed by atoms with Crippen molar-refractivity contribution in [2.24, 2.45) is 0 Å². The van der Waals surface area contributed by atoms with Crippen molar-refractivity contribution >= 4 is 5.91 Å². The number of carbonyl (C=O) groups excluding carboxylic acids is 1. The third kappa shape index (κ3) is 5.00. The summed E-state index contributed by atoms with van der Waals surface area (Å²) in [6.45, 7) is 9.73. The monoisotopic (exact) mass is 452 g/mol. The summed E-state index contributed by atoms with van der Waals surface area (Å²) in [5, 5.41) is 0. The molecule has 0 radical (unpaired) electrons. The van der Waals surface area contributed by atoms with Gasteiger partial charge in [0.1, 0.15) is 5.82 Å². The average Bonchev–Trinajstić information content (AvgIpc) is 3.06. The number of quaternary nitrogens is 1. The van der Waals surface area contributed by atoms with Crippen LogP contribution in [0.2, 0.25) is 0 Å². The minimum absolute atomic E-state index is 0.00493. The molecule has 0 aliphatic carbocycles. The third-order valence-corrected chi connectivity index (χ3v) is 6.15.